The molecule has 0 radical (unpaired) electrons. The zero-order valence-corrected chi connectivity index (χ0v) is 9.92. The first-order chi connectivity index (χ1) is 9.08. The molecule has 0 fully saturated rings. The number of nitrogens with zero attached hydrogens (tertiary/aromatic N) is 1. The summed E-state index contributed by atoms with van der Waals surface area (Å²) in [6, 6.07) is 2.17. The molecule has 7 nitrogen and oxygen atoms in total. The molecule has 1 aromatic carbocycles. The number of aromatic hydroxyl groups is 3. The van der Waals surface area contributed by atoms with Crippen molar-refractivity contribution >= 4 is 5.91 Å². The van der Waals surface area contributed by atoms with Crippen molar-refractivity contribution in [3.63, 3.8) is 0 Å². The van der Waals surface area contributed by atoms with Crippen LogP contribution in [-0.2, 0) is 6.42 Å². The molecule has 0 bridgehead atoms. The van der Waals surface area contributed by atoms with E-state index < -0.39 is 23.2 Å². The number of imidazole rings is 1. The lowest BCUT2D eigenvalue weighted by atomic mass is 10.1. The summed E-state index contributed by atoms with van der Waals surface area (Å²) in [5.41, 5.74) is 0.953. The van der Waals surface area contributed by atoms with E-state index in [4.69, 9.17) is 0 Å². The molecule has 2 rings (SSSR count). The highest BCUT2D eigenvalue weighted by atomic mass is 16.3. The molecule has 2 aromatic rings. The second kappa shape index (κ2) is 5.30. The molecule has 0 saturated carbocycles. The third kappa shape index (κ3) is 2.95. The minimum Gasteiger partial charge on any atom is -0.504 e. The quantitative estimate of drug-likeness (QED) is 0.515. The third-order valence-corrected chi connectivity index (χ3v) is 2.57. The Kier molecular flexibility index (Phi) is 3.56. The van der Waals surface area contributed by atoms with Gasteiger partial charge < -0.3 is 25.6 Å². The molecule has 19 heavy (non-hydrogen) atoms. The van der Waals surface area contributed by atoms with Crippen LogP contribution in [0.25, 0.3) is 0 Å². The molecular formula is C12H13N3O4. The normalized spacial score (nSPS) is 10.3. The number of carbonyl (C=O) groups excluding carboxylic acids is 1. The van der Waals surface area contributed by atoms with E-state index in [1.165, 1.54) is 0 Å². The molecule has 0 saturated heterocycles. The molecule has 100 valence electrons. The van der Waals surface area contributed by atoms with Crippen molar-refractivity contribution < 1.29 is 20.1 Å². The van der Waals surface area contributed by atoms with Gasteiger partial charge in [0.25, 0.3) is 5.91 Å². The number of hydrogen-bond donors (Lipinski definition) is 5. The SMILES string of the molecule is O=C(NCCc1cnc[nH]1)c1cc(O)c(O)c(O)c1. The van der Waals surface area contributed by atoms with Gasteiger partial charge in [-0.3, -0.25) is 4.79 Å². The Morgan fingerprint density at radius 1 is 1.26 bits per heavy atom. The van der Waals surface area contributed by atoms with Crippen LogP contribution in [-0.4, -0.2) is 37.7 Å². The second-order valence-electron chi connectivity index (χ2n) is 3.95. The maximum Gasteiger partial charge on any atom is 0.251 e. The van der Waals surface area contributed by atoms with Crippen molar-refractivity contribution in [1.29, 1.82) is 0 Å². The lowest BCUT2D eigenvalue weighted by Crippen LogP contribution is -2.25. The largest absolute Gasteiger partial charge is 0.504 e. The average molecular weight is 263 g/mol. The number of rotatable bonds is 4. The highest BCUT2D eigenvalue weighted by molar-refractivity contribution is 5.95. The fraction of sp³-hybridized carbons (Fsp3) is 0.167. The molecule has 5 N–H and O–H groups in total. The molecule has 0 spiro atoms. The third-order valence-electron chi connectivity index (χ3n) is 2.57. The Bertz CT molecular complexity index is 558. The average Bonchev–Trinajstić information content (AvgIpc) is 2.88. The van der Waals surface area contributed by atoms with E-state index in [0.717, 1.165) is 17.8 Å². The monoisotopic (exact) mass is 263 g/mol. The molecule has 0 aliphatic heterocycles. The van der Waals surface area contributed by atoms with Gasteiger partial charge in [0.05, 0.1) is 6.33 Å². The minimum atomic E-state index is -0.644. The first kappa shape index (κ1) is 12.7. The van der Waals surface area contributed by atoms with Gasteiger partial charge in [0.2, 0.25) is 0 Å². The minimum absolute atomic E-state index is 0.0670. The maximum absolute atomic E-state index is 11.7. The number of amides is 1. The van der Waals surface area contributed by atoms with Crippen LogP contribution in [0.4, 0.5) is 0 Å². The summed E-state index contributed by atoms with van der Waals surface area (Å²) < 4.78 is 0. The number of phenols is 3. The summed E-state index contributed by atoms with van der Waals surface area (Å²) >= 11 is 0. The highest BCUT2D eigenvalue weighted by Gasteiger charge is 2.13. The van der Waals surface area contributed by atoms with Crippen LogP contribution in [0.1, 0.15) is 16.1 Å². The Labute approximate surface area is 108 Å². The number of hydrogen-bond acceptors (Lipinski definition) is 5. The molecule has 0 unspecified atom stereocenters. The van der Waals surface area contributed by atoms with Crippen LogP contribution >= 0.6 is 0 Å². The molecule has 0 aliphatic carbocycles. The molecule has 1 amide bonds. The van der Waals surface area contributed by atoms with E-state index in [1.807, 2.05) is 0 Å². The van der Waals surface area contributed by atoms with Gasteiger partial charge in [-0.05, 0) is 12.1 Å². The predicted octanol–water partition coefficient (Wildman–Crippen LogP) is 0.499. The van der Waals surface area contributed by atoms with Gasteiger partial charge in [0, 0.05) is 30.4 Å². The van der Waals surface area contributed by atoms with E-state index in [1.54, 1.807) is 12.5 Å². The Balaban J connectivity index is 1.96. The van der Waals surface area contributed by atoms with Crippen molar-refractivity contribution in [2.45, 2.75) is 6.42 Å². The molecular weight excluding hydrogens is 250 g/mol. The van der Waals surface area contributed by atoms with Gasteiger partial charge in [-0.25, -0.2) is 4.98 Å². The summed E-state index contributed by atoms with van der Waals surface area (Å²) in [6.45, 7) is 0.378. The summed E-state index contributed by atoms with van der Waals surface area (Å²) in [7, 11) is 0. The van der Waals surface area contributed by atoms with Crippen LogP contribution in [0, 0.1) is 0 Å². The molecule has 7 heteroatoms. The molecule has 0 aliphatic rings. The number of H-pyrrole nitrogens is 1. The van der Waals surface area contributed by atoms with Gasteiger partial charge >= 0.3 is 0 Å². The summed E-state index contributed by atoms with van der Waals surface area (Å²) in [6.07, 6.45) is 3.79. The highest BCUT2D eigenvalue weighted by Crippen LogP contribution is 2.35. The van der Waals surface area contributed by atoms with Crippen LogP contribution < -0.4 is 5.32 Å². The lowest BCUT2D eigenvalue weighted by molar-refractivity contribution is 0.0953. The van der Waals surface area contributed by atoms with Gasteiger partial charge in [0.15, 0.2) is 17.2 Å². The van der Waals surface area contributed by atoms with E-state index in [9.17, 15) is 20.1 Å². The van der Waals surface area contributed by atoms with E-state index >= 15 is 0 Å². The van der Waals surface area contributed by atoms with Crippen LogP contribution in [0.5, 0.6) is 17.2 Å². The van der Waals surface area contributed by atoms with Gasteiger partial charge in [-0.2, -0.15) is 0 Å². The summed E-state index contributed by atoms with van der Waals surface area (Å²) in [4.78, 5) is 18.5. The molecule has 1 heterocycles. The summed E-state index contributed by atoms with van der Waals surface area (Å²) in [5.74, 6) is -2.18. The number of benzene rings is 1. The van der Waals surface area contributed by atoms with Gasteiger partial charge in [0.1, 0.15) is 0 Å². The molecule has 1 aromatic heterocycles. The van der Waals surface area contributed by atoms with E-state index in [-0.39, 0.29) is 5.56 Å². The fourth-order valence-corrected chi connectivity index (χ4v) is 1.57. The van der Waals surface area contributed by atoms with Crippen molar-refractivity contribution in [3.05, 3.63) is 35.9 Å². The number of aromatic amines is 1. The van der Waals surface area contributed by atoms with Crippen LogP contribution in [0.3, 0.4) is 0 Å². The van der Waals surface area contributed by atoms with Gasteiger partial charge in [-0.15, -0.1) is 0 Å². The van der Waals surface area contributed by atoms with Gasteiger partial charge in [-0.1, -0.05) is 0 Å². The first-order valence-corrected chi connectivity index (χ1v) is 5.58. The lowest BCUT2D eigenvalue weighted by Gasteiger charge is -2.07. The number of nitrogens with one attached hydrogen (secondary N) is 2. The Hall–Kier alpha value is -2.70. The Morgan fingerprint density at radius 3 is 2.53 bits per heavy atom. The van der Waals surface area contributed by atoms with E-state index in [0.29, 0.717) is 13.0 Å². The predicted molar refractivity (Wildman–Crippen MR) is 66.1 cm³/mol. The zero-order chi connectivity index (χ0) is 13.8. The number of carbonyl (C=O) groups is 1. The Morgan fingerprint density at radius 2 is 1.95 bits per heavy atom. The molecule has 0 atom stereocenters. The fourth-order valence-electron chi connectivity index (χ4n) is 1.57. The number of phenolic OH excluding ortho intramolecular Hbond substituents is 3. The van der Waals surface area contributed by atoms with Crippen LogP contribution in [0.15, 0.2) is 24.7 Å². The summed E-state index contributed by atoms with van der Waals surface area (Å²) in [5, 5.41) is 30.4. The number of aromatic nitrogens is 2. The zero-order valence-electron chi connectivity index (χ0n) is 9.92. The second-order valence-corrected chi connectivity index (χ2v) is 3.95. The topological polar surface area (TPSA) is 118 Å². The van der Waals surface area contributed by atoms with Crippen LogP contribution in [0.2, 0.25) is 0 Å². The van der Waals surface area contributed by atoms with Crippen molar-refractivity contribution in [2.75, 3.05) is 6.54 Å². The van der Waals surface area contributed by atoms with E-state index in [2.05, 4.69) is 15.3 Å². The standard InChI is InChI=1S/C12H13N3O4/c16-9-3-7(4-10(17)11(9)18)12(19)14-2-1-8-5-13-6-15-8/h3-6,16-18H,1-2H2,(H,13,15)(H,14,19). The smallest absolute Gasteiger partial charge is 0.251 e. The van der Waals surface area contributed by atoms with Crippen molar-refractivity contribution in [1.82, 2.24) is 15.3 Å². The van der Waals surface area contributed by atoms with Crippen molar-refractivity contribution in [2.24, 2.45) is 0 Å². The maximum atomic E-state index is 11.7. The van der Waals surface area contributed by atoms with Crippen molar-refractivity contribution in [3.8, 4) is 17.2 Å². The first-order valence-electron chi connectivity index (χ1n) is 5.58.